The minimum atomic E-state index is -2.40. The number of carbonyl (C=O) groups excluding carboxylic acids is 4. The second kappa shape index (κ2) is 20.3. The Morgan fingerprint density at radius 2 is 1.65 bits per heavy atom. The van der Waals surface area contributed by atoms with Crippen molar-refractivity contribution in [1.82, 2.24) is 4.90 Å². The van der Waals surface area contributed by atoms with Gasteiger partial charge in [-0.05, 0) is 102 Å². The first-order valence-corrected chi connectivity index (χ1v) is 20.8. The Hall–Kier alpha value is -2.48. The molecule has 1 unspecified atom stereocenters. The van der Waals surface area contributed by atoms with Crippen LogP contribution in [-0.4, -0.2) is 113 Å². The van der Waals surface area contributed by atoms with Gasteiger partial charge in [0.15, 0.2) is 0 Å². The fourth-order valence-electron chi connectivity index (χ4n) is 9.30. The van der Waals surface area contributed by atoms with Crippen LogP contribution in [0.2, 0.25) is 0 Å². The number of hydrogen-bond acceptors (Lipinski definition) is 11. The van der Waals surface area contributed by atoms with Crippen LogP contribution < -0.4 is 0 Å². The first kappa shape index (κ1) is 45.2. The smallest absolute Gasteiger partial charge is 0.329 e. The van der Waals surface area contributed by atoms with E-state index in [-0.39, 0.29) is 49.0 Å². The molecule has 0 aromatic heterocycles. The number of fused-ring (bicyclic) bond motifs is 3. The van der Waals surface area contributed by atoms with Gasteiger partial charge in [0.25, 0.3) is 11.7 Å². The van der Waals surface area contributed by atoms with Gasteiger partial charge in [0.2, 0.25) is 5.79 Å². The van der Waals surface area contributed by atoms with Crippen molar-refractivity contribution in [2.45, 2.75) is 173 Å². The number of piperidine rings is 1. The summed E-state index contributed by atoms with van der Waals surface area (Å²) in [6.45, 7) is 11.5. The molecule has 4 rings (SSSR count). The van der Waals surface area contributed by atoms with Crippen LogP contribution in [-0.2, 0) is 38.1 Å². The zero-order valence-corrected chi connectivity index (χ0v) is 34.5. The number of carbonyl (C=O) groups is 4. The first-order chi connectivity index (χ1) is 26.0. The number of nitrogens with zero attached hydrogens (tertiary/aromatic N) is 1. The molecule has 3 aliphatic heterocycles. The van der Waals surface area contributed by atoms with Gasteiger partial charge < -0.3 is 39.2 Å². The second-order valence-corrected chi connectivity index (χ2v) is 17.2. The average Bonchev–Trinajstić information content (AvgIpc) is 3.16. The standard InChI is InChI=1S/C43H69NO11/c1-9-12-31-20-26(3)19-25(2)14-17-36-38(53-8)22-28(5)43(51,55-36)40(48)41(49)44-18-11-10-13-32(44)42(50)54-39(29(6)34(46)24-35(31)47)27(4)21-30-15-16-33(45)37(23-30)52-7/h20-21,25,28-34,36-39,45-46,51H,9-19,22-24H2,1-8H3/b26-20+,27-21+/t25-,28-,29-,30+,31-,32+,33-,34+,36?,37-,38+,39-,43-/m1/s1. The zero-order valence-electron chi connectivity index (χ0n) is 34.5. The fourth-order valence-corrected chi connectivity index (χ4v) is 9.30. The summed E-state index contributed by atoms with van der Waals surface area (Å²) in [7, 11) is 3.14. The summed E-state index contributed by atoms with van der Waals surface area (Å²) in [6, 6.07) is -1.10. The maximum absolute atomic E-state index is 14.3. The molecule has 0 radical (unpaired) electrons. The maximum atomic E-state index is 14.3. The summed E-state index contributed by atoms with van der Waals surface area (Å²) >= 11 is 0. The van der Waals surface area contributed by atoms with Gasteiger partial charge in [0.1, 0.15) is 17.9 Å². The molecule has 13 atom stereocenters. The number of Topliss-reactive ketones (excluding diaryl/α,β-unsaturated/α-hetero) is 2. The molecule has 12 nitrogen and oxygen atoms in total. The molecule has 55 heavy (non-hydrogen) atoms. The summed E-state index contributed by atoms with van der Waals surface area (Å²) in [5.74, 6) is -6.95. The van der Waals surface area contributed by atoms with E-state index in [4.69, 9.17) is 18.9 Å². The van der Waals surface area contributed by atoms with E-state index < -0.39 is 71.8 Å². The lowest BCUT2D eigenvalue weighted by molar-refractivity contribution is -0.287. The van der Waals surface area contributed by atoms with Gasteiger partial charge in [-0.15, -0.1) is 0 Å². The van der Waals surface area contributed by atoms with Gasteiger partial charge in [-0.3, -0.25) is 14.4 Å². The molecule has 3 fully saturated rings. The van der Waals surface area contributed by atoms with Crippen LogP contribution in [0.1, 0.15) is 125 Å². The molecule has 0 aromatic carbocycles. The van der Waals surface area contributed by atoms with Crippen LogP contribution in [0.15, 0.2) is 23.3 Å². The van der Waals surface area contributed by atoms with Gasteiger partial charge >= 0.3 is 5.97 Å². The Balaban J connectivity index is 1.74. The normalized spacial score (nSPS) is 40.7. The molecule has 3 N–H and O–H groups in total. The summed E-state index contributed by atoms with van der Waals surface area (Å²) in [4.78, 5) is 57.5. The van der Waals surface area contributed by atoms with Crippen LogP contribution in [0.3, 0.4) is 0 Å². The highest BCUT2D eigenvalue weighted by Crippen LogP contribution is 2.38. The van der Waals surface area contributed by atoms with Crippen molar-refractivity contribution in [2.24, 2.45) is 29.6 Å². The van der Waals surface area contributed by atoms with E-state index in [9.17, 15) is 34.5 Å². The zero-order chi connectivity index (χ0) is 40.6. The van der Waals surface area contributed by atoms with Crippen molar-refractivity contribution in [3.8, 4) is 0 Å². The Bertz CT molecular complexity index is 1400. The maximum Gasteiger partial charge on any atom is 0.329 e. The van der Waals surface area contributed by atoms with E-state index in [1.54, 1.807) is 28.1 Å². The van der Waals surface area contributed by atoms with Gasteiger partial charge in [-0.2, -0.15) is 0 Å². The first-order valence-electron chi connectivity index (χ1n) is 20.8. The molecule has 1 aliphatic carbocycles. The van der Waals surface area contributed by atoms with Gasteiger partial charge in [-0.25, -0.2) is 4.79 Å². The summed E-state index contributed by atoms with van der Waals surface area (Å²) in [5, 5.41) is 34.0. The molecule has 0 aromatic rings. The number of allylic oxidation sites excluding steroid dienone is 3. The molecule has 1 amide bonds. The van der Waals surface area contributed by atoms with Crippen molar-refractivity contribution in [2.75, 3.05) is 20.8 Å². The number of hydrogen-bond donors (Lipinski definition) is 3. The number of amides is 1. The van der Waals surface area contributed by atoms with E-state index in [0.29, 0.717) is 63.4 Å². The predicted molar refractivity (Wildman–Crippen MR) is 207 cm³/mol. The molecule has 2 saturated heterocycles. The van der Waals surface area contributed by atoms with Crippen LogP contribution in [0.5, 0.6) is 0 Å². The van der Waals surface area contributed by atoms with Crippen molar-refractivity contribution < 1.29 is 53.4 Å². The second-order valence-electron chi connectivity index (χ2n) is 17.2. The third-order valence-electron chi connectivity index (χ3n) is 12.8. The van der Waals surface area contributed by atoms with Crippen LogP contribution in [0.25, 0.3) is 0 Å². The van der Waals surface area contributed by atoms with Gasteiger partial charge in [0.05, 0.1) is 30.5 Å². The number of ether oxygens (including phenoxy) is 4. The number of aliphatic hydroxyl groups is 3. The monoisotopic (exact) mass is 775 g/mol. The number of cyclic esters (lactones) is 1. The highest BCUT2D eigenvalue weighted by Gasteiger charge is 2.55. The van der Waals surface area contributed by atoms with Crippen molar-refractivity contribution in [3.63, 3.8) is 0 Å². The lowest BCUT2D eigenvalue weighted by atomic mass is 9.81. The SMILES string of the molecule is CCC[C@@H]1/C=C(\C)C[C@H](C)CCC2O[C@@](O)(C(=O)C(=O)N3CCCC[C@H]3C(=O)O[C@H](/C(C)=C/[C@@H]3CC[C@@H](O)[C@H](OC)C3)[C@H](C)[C@@H](O)CC1=O)[C@H](C)C[C@@H]2OC. The lowest BCUT2D eigenvalue weighted by Crippen LogP contribution is -2.62. The van der Waals surface area contributed by atoms with Crippen LogP contribution in [0, 0.1) is 29.6 Å². The molecule has 1 saturated carbocycles. The molecular weight excluding hydrogens is 706 g/mol. The lowest BCUT2D eigenvalue weighted by Gasteiger charge is -2.45. The molecule has 12 heteroatoms. The molecule has 0 spiro atoms. The quantitative estimate of drug-likeness (QED) is 0.183. The number of aliphatic hydroxyl groups excluding tert-OH is 2. The third kappa shape index (κ3) is 11.1. The molecule has 4 aliphatic rings. The van der Waals surface area contributed by atoms with E-state index >= 15 is 0 Å². The number of esters is 1. The Morgan fingerprint density at radius 1 is 0.945 bits per heavy atom. The van der Waals surface area contributed by atoms with Gasteiger partial charge in [0, 0.05) is 44.9 Å². The summed E-state index contributed by atoms with van der Waals surface area (Å²) < 4.78 is 23.7. The number of methoxy groups -OCH3 is 2. The summed E-state index contributed by atoms with van der Waals surface area (Å²) in [5.41, 5.74) is 1.74. The number of ketones is 2. The minimum Gasteiger partial charge on any atom is -0.456 e. The van der Waals surface area contributed by atoms with Crippen LogP contribution >= 0.6 is 0 Å². The van der Waals surface area contributed by atoms with E-state index in [2.05, 4.69) is 6.92 Å². The van der Waals surface area contributed by atoms with Crippen molar-refractivity contribution in [1.29, 1.82) is 0 Å². The minimum absolute atomic E-state index is 0.0118. The highest BCUT2D eigenvalue weighted by atomic mass is 16.7. The molecule has 2 bridgehead atoms. The predicted octanol–water partition coefficient (Wildman–Crippen LogP) is 5.24. The highest BCUT2D eigenvalue weighted by molar-refractivity contribution is 6.39. The largest absolute Gasteiger partial charge is 0.456 e. The average molecular weight is 776 g/mol. The van der Waals surface area contributed by atoms with Gasteiger partial charge in [-0.1, -0.05) is 51.8 Å². The fraction of sp³-hybridized carbons (Fsp3) is 0.814. The van der Waals surface area contributed by atoms with E-state index in [1.807, 2.05) is 32.9 Å². The van der Waals surface area contributed by atoms with Crippen molar-refractivity contribution >= 4 is 23.4 Å². The molecule has 312 valence electrons. The number of rotatable bonds is 6. The van der Waals surface area contributed by atoms with E-state index in [1.165, 1.54) is 4.90 Å². The summed E-state index contributed by atoms with van der Waals surface area (Å²) in [6.07, 6.45) is 6.70. The van der Waals surface area contributed by atoms with Crippen LogP contribution in [0.4, 0.5) is 0 Å². The topological polar surface area (TPSA) is 169 Å². The van der Waals surface area contributed by atoms with E-state index in [0.717, 1.165) is 18.4 Å². The Morgan fingerprint density at radius 3 is 2.33 bits per heavy atom. The van der Waals surface area contributed by atoms with Crippen molar-refractivity contribution in [3.05, 3.63) is 23.3 Å². The Kier molecular flexibility index (Phi) is 16.7. The Labute approximate surface area is 328 Å². The third-order valence-corrected chi connectivity index (χ3v) is 12.8. The molecular formula is C43H69NO11. The molecule has 3 heterocycles.